The summed E-state index contributed by atoms with van der Waals surface area (Å²) in [7, 11) is 0. The topological polar surface area (TPSA) is 27.1 Å². The molecular weight excluding hydrogens is 315 g/mol. The lowest BCUT2D eigenvalue weighted by molar-refractivity contribution is 0.293. The molecule has 2 aromatic rings. The Balaban J connectivity index is 2.05. The van der Waals surface area contributed by atoms with Gasteiger partial charge in [-0.05, 0) is 41.6 Å². The number of nitrogens with zero attached hydrogens (tertiary/aromatic N) is 2. The van der Waals surface area contributed by atoms with E-state index in [0.29, 0.717) is 6.61 Å². The van der Waals surface area contributed by atoms with E-state index < -0.39 is 0 Å². The smallest absolute Gasteiger partial charge is 0.133 e. The fraction of sp³-hybridized carbons (Fsp3) is 0.250. The van der Waals surface area contributed by atoms with Crippen LogP contribution in [0.5, 0.6) is 5.75 Å². The van der Waals surface area contributed by atoms with Gasteiger partial charge in [-0.1, -0.05) is 12.1 Å². The Hall–Kier alpha value is -1.04. The van der Waals surface area contributed by atoms with Crippen molar-refractivity contribution in [2.24, 2.45) is 0 Å². The molecule has 84 valence electrons. The second-order valence-corrected chi connectivity index (χ2v) is 4.55. The molecule has 4 heteroatoms. The highest BCUT2D eigenvalue weighted by Gasteiger charge is 2.03. The molecule has 0 aliphatic rings. The number of imidazole rings is 1. The minimum Gasteiger partial charge on any atom is -0.486 e. The van der Waals surface area contributed by atoms with Crippen LogP contribution in [0.2, 0.25) is 0 Å². The molecule has 0 atom stereocenters. The van der Waals surface area contributed by atoms with Gasteiger partial charge in [0.25, 0.3) is 0 Å². The average molecular weight is 328 g/mol. The minimum absolute atomic E-state index is 0.563. The summed E-state index contributed by atoms with van der Waals surface area (Å²) in [5, 5.41) is 0. The summed E-state index contributed by atoms with van der Waals surface area (Å²) in [4.78, 5) is 4.11. The molecule has 3 nitrogen and oxygen atoms in total. The summed E-state index contributed by atoms with van der Waals surface area (Å²) < 4.78 is 8.96. The molecule has 1 heterocycles. The molecule has 0 aliphatic heterocycles. The first-order chi connectivity index (χ1) is 7.81. The number of hydrogen-bond acceptors (Lipinski definition) is 2. The number of halogens is 1. The van der Waals surface area contributed by atoms with Crippen molar-refractivity contribution in [1.82, 2.24) is 9.55 Å². The van der Waals surface area contributed by atoms with Gasteiger partial charge in [0.05, 0.1) is 21.8 Å². The normalized spacial score (nSPS) is 10.4. The van der Waals surface area contributed by atoms with Crippen molar-refractivity contribution < 1.29 is 4.74 Å². The number of ether oxygens (including phenoxy) is 1. The van der Waals surface area contributed by atoms with Crippen molar-refractivity contribution in [2.45, 2.75) is 20.1 Å². The molecule has 16 heavy (non-hydrogen) atoms. The fourth-order valence-electron chi connectivity index (χ4n) is 1.47. The van der Waals surface area contributed by atoms with Crippen LogP contribution in [0, 0.1) is 3.57 Å². The first-order valence-corrected chi connectivity index (χ1v) is 6.25. The van der Waals surface area contributed by atoms with E-state index in [-0.39, 0.29) is 0 Å². The Morgan fingerprint density at radius 2 is 2.19 bits per heavy atom. The molecule has 0 bridgehead atoms. The van der Waals surface area contributed by atoms with Crippen LogP contribution in [0.4, 0.5) is 0 Å². The highest BCUT2D eigenvalue weighted by atomic mass is 127. The zero-order chi connectivity index (χ0) is 11.4. The lowest BCUT2D eigenvalue weighted by Crippen LogP contribution is -2.04. The summed E-state index contributed by atoms with van der Waals surface area (Å²) in [6, 6.07) is 8.00. The van der Waals surface area contributed by atoms with Crippen LogP contribution in [-0.2, 0) is 13.2 Å². The van der Waals surface area contributed by atoms with Crippen molar-refractivity contribution >= 4 is 22.6 Å². The summed E-state index contributed by atoms with van der Waals surface area (Å²) in [6.45, 7) is 3.58. The molecule has 0 unspecified atom stereocenters. The largest absolute Gasteiger partial charge is 0.486 e. The first-order valence-electron chi connectivity index (χ1n) is 5.17. The summed E-state index contributed by atoms with van der Waals surface area (Å²) in [5.74, 6) is 0.923. The van der Waals surface area contributed by atoms with Crippen LogP contribution < -0.4 is 4.74 Å². The van der Waals surface area contributed by atoms with Crippen molar-refractivity contribution in [3.05, 3.63) is 46.1 Å². The third-order valence-corrected chi connectivity index (χ3v) is 3.24. The lowest BCUT2D eigenvalue weighted by Gasteiger charge is -2.09. The Bertz CT molecular complexity index is 468. The highest BCUT2D eigenvalue weighted by molar-refractivity contribution is 14.1. The number of aromatic nitrogens is 2. The third kappa shape index (κ3) is 2.55. The molecule has 0 N–H and O–H groups in total. The van der Waals surface area contributed by atoms with Crippen LogP contribution >= 0.6 is 22.6 Å². The van der Waals surface area contributed by atoms with Crippen LogP contribution in [0.25, 0.3) is 0 Å². The average Bonchev–Trinajstić information content (AvgIpc) is 2.75. The predicted octanol–water partition coefficient (Wildman–Crippen LogP) is 3.09. The Labute approximate surface area is 109 Å². The second kappa shape index (κ2) is 5.34. The van der Waals surface area contributed by atoms with Crippen LogP contribution in [-0.4, -0.2) is 9.55 Å². The van der Waals surface area contributed by atoms with Gasteiger partial charge >= 0.3 is 0 Å². The number of para-hydroxylation sites is 1. The second-order valence-electron chi connectivity index (χ2n) is 3.39. The number of hydrogen-bond donors (Lipinski definition) is 0. The van der Waals surface area contributed by atoms with Crippen molar-refractivity contribution in [3.8, 4) is 5.75 Å². The molecule has 0 fully saturated rings. The zero-order valence-corrected chi connectivity index (χ0v) is 11.2. The number of aryl methyl sites for hydroxylation is 1. The Morgan fingerprint density at radius 3 is 2.94 bits per heavy atom. The quantitative estimate of drug-likeness (QED) is 0.807. The van der Waals surface area contributed by atoms with E-state index in [1.807, 2.05) is 36.8 Å². The summed E-state index contributed by atoms with van der Waals surface area (Å²) in [6.07, 6.45) is 3.67. The van der Waals surface area contributed by atoms with Gasteiger partial charge in [0.15, 0.2) is 0 Å². The maximum Gasteiger partial charge on any atom is 0.133 e. The number of benzene rings is 1. The van der Waals surface area contributed by atoms with Crippen molar-refractivity contribution in [3.63, 3.8) is 0 Å². The van der Waals surface area contributed by atoms with Crippen LogP contribution in [0.15, 0.2) is 36.8 Å². The third-order valence-electron chi connectivity index (χ3n) is 2.35. The molecule has 1 aromatic heterocycles. The molecule has 0 saturated heterocycles. The van der Waals surface area contributed by atoms with Gasteiger partial charge in [-0.3, -0.25) is 0 Å². The SMILES string of the molecule is CCn1cncc1COc1ccccc1I. The molecule has 0 radical (unpaired) electrons. The summed E-state index contributed by atoms with van der Waals surface area (Å²) >= 11 is 2.27. The molecule has 1 aromatic carbocycles. The maximum absolute atomic E-state index is 5.76. The standard InChI is InChI=1S/C12H13IN2O/c1-2-15-9-14-7-10(15)8-16-12-6-4-3-5-11(12)13/h3-7,9H,2,8H2,1H3. The van der Waals surface area contributed by atoms with E-state index in [4.69, 9.17) is 4.74 Å². The van der Waals surface area contributed by atoms with E-state index >= 15 is 0 Å². The van der Waals surface area contributed by atoms with Gasteiger partial charge in [0.1, 0.15) is 12.4 Å². The monoisotopic (exact) mass is 328 g/mol. The maximum atomic E-state index is 5.76. The highest BCUT2D eigenvalue weighted by Crippen LogP contribution is 2.20. The molecule has 0 spiro atoms. The Kier molecular flexibility index (Phi) is 3.82. The van der Waals surface area contributed by atoms with E-state index in [0.717, 1.165) is 21.6 Å². The molecule has 0 saturated carbocycles. The molecular formula is C12H13IN2O. The summed E-state index contributed by atoms with van der Waals surface area (Å²) in [5.41, 5.74) is 1.10. The van der Waals surface area contributed by atoms with E-state index in [1.165, 1.54) is 0 Å². The van der Waals surface area contributed by atoms with Crippen molar-refractivity contribution in [2.75, 3.05) is 0 Å². The minimum atomic E-state index is 0.563. The Morgan fingerprint density at radius 1 is 1.38 bits per heavy atom. The van der Waals surface area contributed by atoms with E-state index in [1.54, 1.807) is 0 Å². The van der Waals surface area contributed by atoms with Gasteiger partial charge in [-0.15, -0.1) is 0 Å². The number of rotatable bonds is 4. The van der Waals surface area contributed by atoms with Gasteiger partial charge in [0.2, 0.25) is 0 Å². The molecule has 0 aliphatic carbocycles. The lowest BCUT2D eigenvalue weighted by atomic mass is 10.3. The van der Waals surface area contributed by atoms with Crippen LogP contribution in [0.1, 0.15) is 12.6 Å². The molecule has 0 amide bonds. The van der Waals surface area contributed by atoms with E-state index in [2.05, 4.69) is 39.1 Å². The van der Waals surface area contributed by atoms with Gasteiger partial charge < -0.3 is 9.30 Å². The van der Waals surface area contributed by atoms with Gasteiger partial charge in [0, 0.05) is 6.54 Å². The zero-order valence-electron chi connectivity index (χ0n) is 9.06. The fourth-order valence-corrected chi connectivity index (χ4v) is 2.01. The van der Waals surface area contributed by atoms with Gasteiger partial charge in [-0.2, -0.15) is 0 Å². The predicted molar refractivity (Wildman–Crippen MR) is 71.4 cm³/mol. The molecule has 2 rings (SSSR count). The first kappa shape index (κ1) is 11.4. The van der Waals surface area contributed by atoms with E-state index in [9.17, 15) is 0 Å². The van der Waals surface area contributed by atoms with Crippen molar-refractivity contribution in [1.29, 1.82) is 0 Å². The van der Waals surface area contributed by atoms with Gasteiger partial charge in [-0.25, -0.2) is 4.98 Å². The van der Waals surface area contributed by atoms with Crippen LogP contribution in [0.3, 0.4) is 0 Å².